The predicted octanol–water partition coefficient (Wildman–Crippen LogP) is 4.14. The summed E-state index contributed by atoms with van der Waals surface area (Å²) in [6.07, 6.45) is 0.680. The Morgan fingerprint density at radius 2 is 1.70 bits per heavy atom. The molecule has 3 aromatic rings. The summed E-state index contributed by atoms with van der Waals surface area (Å²) in [5.74, 6) is 0. The number of fused-ring (bicyclic) bond motifs is 3. The molecule has 33 heavy (non-hydrogen) atoms. The van der Waals surface area contributed by atoms with Crippen molar-refractivity contribution in [2.24, 2.45) is 0 Å². The Hall–Kier alpha value is -3.91. The highest BCUT2D eigenvalue weighted by molar-refractivity contribution is 5.87. The number of hydrogen-bond acceptors (Lipinski definition) is 6. The van der Waals surface area contributed by atoms with Gasteiger partial charge in [0.05, 0.1) is 12.2 Å². The van der Waals surface area contributed by atoms with E-state index in [0.717, 1.165) is 12.0 Å². The SMILES string of the molecule is COC(COC(=O)NCc1ccccn1)COC(=O)Nc1ccc2c(c1)Cc1ccccc1-2. The molecule has 0 radical (unpaired) electrons. The minimum absolute atomic E-state index is 0.0606. The van der Waals surface area contributed by atoms with Gasteiger partial charge in [0.15, 0.2) is 0 Å². The van der Waals surface area contributed by atoms with Gasteiger partial charge in [0.2, 0.25) is 0 Å². The molecule has 1 atom stereocenters. The van der Waals surface area contributed by atoms with Gasteiger partial charge in [-0.05, 0) is 52.9 Å². The lowest BCUT2D eigenvalue weighted by Crippen LogP contribution is -2.32. The molecule has 0 fully saturated rings. The van der Waals surface area contributed by atoms with Gasteiger partial charge < -0.3 is 19.5 Å². The maximum Gasteiger partial charge on any atom is 0.411 e. The standard InChI is InChI=1S/C25H25N3O5/c1-31-21(15-32-24(29)27-14-20-7-4-5-11-26-20)16-33-25(30)28-19-9-10-23-18(13-19)12-17-6-2-3-8-22(17)23/h2-11,13,21H,12,14-16H2,1H3,(H,27,29)(H,28,30). The fourth-order valence-electron chi connectivity index (χ4n) is 3.61. The van der Waals surface area contributed by atoms with E-state index in [1.165, 1.54) is 23.8 Å². The number of carbonyl (C=O) groups is 2. The molecule has 0 saturated heterocycles. The van der Waals surface area contributed by atoms with E-state index in [-0.39, 0.29) is 19.8 Å². The molecule has 0 aliphatic heterocycles. The van der Waals surface area contributed by atoms with E-state index in [4.69, 9.17) is 14.2 Å². The smallest absolute Gasteiger partial charge is 0.411 e. The van der Waals surface area contributed by atoms with Crippen molar-refractivity contribution in [3.63, 3.8) is 0 Å². The number of nitrogens with one attached hydrogen (secondary N) is 2. The van der Waals surface area contributed by atoms with Crippen molar-refractivity contribution >= 4 is 17.9 Å². The summed E-state index contributed by atoms with van der Waals surface area (Å²) >= 11 is 0. The average molecular weight is 447 g/mol. The Bertz CT molecular complexity index is 1120. The number of pyridine rings is 1. The number of ether oxygens (including phenoxy) is 3. The summed E-state index contributed by atoms with van der Waals surface area (Å²) in [7, 11) is 1.46. The van der Waals surface area contributed by atoms with Crippen molar-refractivity contribution < 1.29 is 23.8 Å². The van der Waals surface area contributed by atoms with Crippen molar-refractivity contribution in [3.05, 3.63) is 83.7 Å². The van der Waals surface area contributed by atoms with Crippen LogP contribution in [0.4, 0.5) is 15.3 Å². The van der Waals surface area contributed by atoms with Crippen LogP contribution < -0.4 is 10.6 Å². The molecule has 8 heteroatoms. The number of methoxy groups -OCH3 is 1. The molecule has 170 valence electrons. The normalized spacial score (nSPS) is 12.3. The minimum atomic E-state index is -0.605. The topological polar surface area (TPSA) is 98.8 Å². The van der Waals surface area contributed by atoms with Crippen LogP contribution in [-0.4, -0.2) is 43.6 Å². The molecular weight excluding hydrogens is 422 g/mol. The minimum Gasteiger partial charge on any atom is -0.447 e. The lowest BCUT2D eigenvalue weighted by Gasteiger charge is -2.16. The van der Waals surface area contributed by atoms with Crippen molar-refractivity contribution in [2.45, 2.75) is 19.1 Å². The zero-order valence-corrected chi connectivity index (χ0v) is 18.2. The second-order valence-corrected chi connectivity index (χ2v) is 7.56. The van der Waals surface area contributed by atoms with Gasteiger partial charge >= 0.3 is 12.2 Å². The van der Waals surface area contributed by atoms with Crippen LogP contribution in [0, 0.1) is 0 Å². The van der Waals surface area contributed by atoms with E-state index in [1.807, 2.05) is 36.4 Å². The Kier molecular flexibility index (Phi) is 7.16. The first-order chi connectivity index (χ1) is 16.1. The first kappa shape index (κ1) is 22.3. The van der Waals surface area contributed by atoms with Crippen LogP contribution in [-0.2, 0) is 27.2 Å². The molecule has 1 aliphatic rings. The zero-order chi connectivity index (χ0) is 23.0. The summed E-state index contributed by atoms with van der Waals surface area (Å²) in [5.41, 5.74) is 6.23. The number of aromatic nitrogens is 1. The highest BCUT2D eigenvalue weighted by Crippen LogP contribution is 2.37. The van der Waals surface area contributed by atoms with E-state index in [2.05, 4.69) is 27.8 Å². The van der Waals surface area contributed by atoms with Crippen molar-refractivity contribution in [1.29, 1.82) is 0 Å². The molecule has 1 aliphatic carbocycles. The summed E-state index contributed by atoms with van der Waals surface area (Å²) in [5, 5.41) is 5.34. The Morgan fingerprint density at radius 1 is 0.939 bits per heavy atom. The van der Waals surface area contributed by atoms with Gasteiger partial charge in [0.25, 0.3) is 0 Å². The third-order valence-electron chi connectivity index (χ3n) is 5.31. The fraction of sp³-hybridized carbons (Fsp3) is 0.240. The largest absolute Gasteiger partial charge is 0.447 e. The first-order valence-electron chi connectivity index (χ1n) is 10.6. The molecule has 2 amide bonds. The summed E-state index contributed by atoms with van der Waals surface area (Å²) < 4.78 is 15.6. The summed E-state index contributed by atoms with van der Waals surface area (Å²) in [4.78, 5) is 28.2. The third-order valence-corrected chi connectivity index (χ3v) is 5.31. The van der Waals surface area contributed by atoms with Gasteiger partial charge in [0, 0.05) is 19.0 Å². The highest BCUT2D eigenvalue weighted by atomic mass is 16.6. The molecule has 0 saturated carbocycles. The van der Waals surface area contributed by atoms with E-state index >= 15 is 0 Å². The number of rotatable bonds is 8. The van der Waals surface area contributed by atoms with Gasteiger partial charge in [0.1, 0.15) is 19.3 Å². The molecule has 2 N–H and O–H groups in total. The predicted molar refractivity (Wildman–Crippen MR) is 123 cm³/mol. The van der Waals surface area contributed by atoms with Gasteiger partial charge in [-0.15, -0.1) is 0 Å². The van der Waals surface area contributed by atoms with Crippen LogP contribution >= 0.6 is 0 Å². The number of alkyl carbamates (subject to hydrolysis) is 1. The van der Waals surface area contributed by atoms with Crippen LogP contribution in [0.5, 0.6) is 0 Å². The van der Waals surface area contributed by atoms with Gasteiger partial charge in [-0.3, -0.25) is 10.3 Å². The highest BCUT2D eigenvalue weighted by Gasteiger charge is 2.19. The van der Waals surface area contributed by atoms with Crippen LogP contribution in [0.1, 0.15) is 16.8 Å². The molecule has 0 bridgehead atoms. The van der Waals surface area contributed by atoms with Crippen LogP contribution in [0.25, 0.3) is 11.1 Å². The number of hydrogen-bond donors (Lipinski definition) is 2. The number of nitrogens with zero attached hydrogens (tertiary/aromatic N) is 1. The van der Waals surface area contributed by atoms with Gasteiger partial charge in [-0.1, -0.05) is 36.4 Å². The summed E-state index contributed by atoms with van der Waals surface area (Å²) in [6, 6.07) is 19.5. The molecular formula is C25H25N3O5. The molecule has 1 aromatic heterocycles. The number of benzene rings is 2. The number of amides is 2. The number of carbonyl (C=O) groups excluding carboxylic acids is 2. The Labute approximate surface area is 191 Å². The number of anilines is 1. The van der Waals surface area contributed by atoms with E-state index in [9.17, 15) is 9.59 Å². The van der Waals surface area contributed by atoms with Crippen LogP contribution in [0.2, 0.25) is 0 Å². The van der Waals surface area contributed by atoms with Crippen molar-refractivity contribution in [2.75, 3.05) is 25.6 Å². The van der Waals surface area contributed by atoms with E-state index < -0.39 is 18.3 Å². The zero-order valence-electron chi connectivity index (χ0n) is 18.2. The first-order valence-corrected chi connectivity index (χ1v) is 10.6. The Balaban J connectivity index is 1.20. The molecule has 1 unspecified atom stereocenters. The summed E-state index contributed by atoms with van der Waals surface area (Å²) in [6.45, 7) is 0.128. The lowest BCUT2D eigenvalue weighted by molar-refractivity contribution is -0.00224. The second-order valence-electron chi connectivity index (χ2n) is 7.56. The maximum atomic E-state index is 12.2. The second kappa shape index (κ2) is 10.6. The van der Waals surface area contributed by atoms with E-state index in [1.54, 1.807) is 18.3 Å². The van der Waals surface area contributed by atoms with Crippen LogP contribution in [0.15, 0.2) is 66.9 Å². The molecule has 4 rings (SSSR count). The van der Waals surface area contributed by atoms with Crippen molar-refractivity contribution in [3.8, 4) is 11.1 Å². The fourth-order valence-corrected chi connectivity index (χ4v) is 3.61. The molecule has 1 heterocycles. The molecule has 8 nitrogen and oxygen atoms in total. The average Bonchev–Trinajstić information content (AvgIpc) is 3.21. The van der Waals surface area contributed by atoms with Gasteiger partial charge in [-0.2, -0.15) is 0 Å². The lowest BCUT2D eigenvalue weighted by atomic mass is 10.1. The van der Waals surface area contributed by atoms with Gasteiger partial charge in [-0.25, -0.2) is 9.59 Å². The van der Waals surface area contributed by atoms with E-state index in [0.29, 0.717) is 11.4 Å². The van der Waals surface area contributed by atoms with Crippen molar-refractivity contribution in [1.82, 2.24) is 10.3 Å². The third kappa shape index (κ3) is 5.87. The Morgan fingerprint density at radius 3 is 2.48 bits per heavy atom. The molecule has 0 spiro atoms. The maximum absolute atomic E-state index is 12.2. The quantitative estimate of drug-likeness (QED) is 0.421. The molecule has 2 aromatic carbocycles. The van der Waals surface area contributed by atoms with Crippen LogP contribution in [0.3, 0.4) is 0 Å². The monoisotopic (exact) mass is 447 g/mol.